The molecule has 0 bridgehead atoms. The van der Waals surface area contributed by atoms with E-state index >= 15 is 0 Å². The molecule has 0 saturated heterocycles. The second-order valence-electron chi connectivity index (χ2n) is 4.40. The van der Waals surface area contributed by atoms with Crippen molar-refractivity contribution in [3.05, 3.63) is 34.9 Å². The van der Waals surface area contributed by atoms with Gasteiger partial charge in [0.1, 0.15) is 6.04 Å². The van der Waals surface area contributed by atoms with Crippen molar-refractivity contribution in [3.63, 3.8) is 0 Å². The van der Waals surface area contributed by atoms with Gasteiger partial charge in [-0.1, -0.05) is 23.7 Å². The number of urea groups is 1. The monoisotopic (exact) mass is 337 g/mol. The van der Waals surface area contributed by atoms with Crippen LogP contribution in [0.4, 0.5) is 18.0 Å². The van der Waals surface area contributed by atoms with Crippen LogP contribution in [0.5, 0.6) is 0 Å². The predicted octanol–water partition coefficient (Wildman–Crippen LogP) is 2.32. The Morgan fingerprint density at radius 3 is 2.36 bits per heavy atom. The van der Waals surface area contributed by atoms with Crippen LogP contribution in [0, 0.1) is 0 Å². The Kier molecular flexibility index (Phi) is 6.48. The molecule has 0 heterocycles. The van der Waals surface area contributed by atoms with Gasteiger partial charge in [-0.15, -0.1) is 0 Å². The molecule has 3 amide bonds. The first-order valence-corrected chi connectivity index (χ1v) is 6.73. The Morgan fingerprint density at radius 1 is 1.18 bits per heavy atom. The van der Waals surface area contributed by atoms with Crippen molar-refractivity contribution in [2.75, 3.05) is 13.1 Å². The third-order valence-electron chi connectivity index (χ3n) is 2.65. The van der Waals surface area contributed by atoms with Gasteiger partial charge in [-0.05, 0) is 19.1 Å². The molecule has 1 aromatic carbocycles. The van der Waals surface area contributed by atoms with Crippen LogP contribution in [0.2, 0.25) is 5.02 Å². The van der Waals surface area contributed by atoms with E-state index in [9.17, 15) is 22.8 Å². The maximum Gasteiger partial charge on any atom is 0.408 e. The van der Waals surface area contributed by atoms with Crippen LogP contribution in [0.1, 0.15) is 17.3 Å². The molecule has 5 nitrogen and oxygen atoms in total. The minimum atomic E-state index is -4.50. The lowest BCUT2D eigenvalue weighted by molar-refractivity contribution is -0.148. The summed E-state index contributed by atoms with van der Waals surface area (Å²) in [7, 11) is 0. The third-order valence-corrected chi connectivity index (χ3v) is 2.98. The van der Waals surface area contributed by atoms with Crippen LogP contribution in [0.3, 0.4) is 0 Å². The van der Waals surface area contributed by atoms with E-state index < -0.39 is 24.2 Å². The number of halogens is 4. The van der Waals surface area contributed by atoms with E-state index in [1.165, 1.54) is 6.07 Å². The van der Waals surface area contributed by atoms with Crippen molar-refractivity contribution in [1.29, 1.82) is 0 Å². The van der Waals surface area contributed by atoms with Crippen LogP contribution >= 0.6 is 11.6 Å². The van der Waals surface area contributed by atoms with Crippen molar-refractivity contribution in [3.8, 4) is 0 Å². The lowest BCUT2D eigenvalue weighted by Crippen LogP contribution is -2.48. The molecule has 0 fully saturated rings. The van der Waals surface area contributed by atoms with Gasteiger partial charge in [0.25, 0.3) is 5.91 Å². The molecular weight excluding hydrogens is 323 g/mol. The number of rotatable bonds is 5. The molecule has 0 spiro atoms. The molecule has 9 heteroatoms. The predicted molar refractivity (Wildman–Crippen MR) is 75.8 cm³/mol. The zero-order chi connectivity index (χ0) is 16.8. The maximum absolute atomic E-state index is 12.2. The van der Waals surface area contributed by atoms with Gasteiger partial charge in [-0.3, -0.25) is 4.79 Å². The fourth-order valence-corrected chi connectivity index (χ4v) is 1.64. The van der Waals surface area contributed by atoms with E-state index in [2.05, 4.69) is 10.6 Å². The highest BCUT2D eigenvalue weighted by Crippen LogP contribution is 2.19. The summed E-state index contributed by atoms with van der Waals surface area (Å²) in [5.41, 5.74) is 0.277. The van der Waals surface area contributed by atoms with Crippen LogP contribution in [0.15, 0.2) is 24.3 Å². The van der Waals surface area contributed by atoms with E-state index in [1.807, 2.05) is 0 Å². The first-order valence-electron chi connectivity index (χ1n) is 6.35. The summed E-state index contributed by atoms with van der Waals surface area (Å²) in [6.07, 6.45) is -4.50. The van der Waals surface area contributed by atoms with Gasteiger partial charge in [0.05, 0.1) is 10.6 Å². The number of nitrogens with one attached hydrogen (secondary N) is 3. The first kappa shape index (κ1) is 18.1. The Balaban J connectivity index is 2.30. The summed E-state index contributed by atoms with van der Waals surface area (Å²) in [5, 5.41) is 6.72. The van der Waals surface area contributed by atoms with E-state index in [-0.39, 0.29) is 23.7 Å². The number of benzene rings is 1. The zero-order valence-electron chi connectivity index (χ0n) is 11.6. The van der Waals surface area contributed by atoms with Gasteiger partial charge in [-0.2, -0.15) is 13.2 Å². The fourth-order valence-electron chi connectivity index (χ4n) is 1.42. The van der Waals surface area contributed by atoms with Gasteiger partial charge >= 0.3 is 12.2 Å². The van der Waals surface area contributed by atoms with E-state index in [0.717, 1.165) is 6.92 Å². The number of alkyl halides is 3. The van der Waals surface area contributed by atoms with Gasteiger partial charge in [0.2, 0.25) is 0 Å². The van der Waals surface area contributed by atoms with Gasteiger partial charge in [0.15, 0.2) is 0 Å². The molecule has 122 valence electrons. The quantitative estimate of drug-likeness (QED) is 0.722. The highest BCUT2D eigenvalue weighted by molar-refractivity contribution is 6.33. The summed E-state index contributed by atoms with van der Waals surface area (Å²) >= 11 is 5.84. The highest BCUT2D eigenvalue weighted by atomic mass is 35.5. The van der Waals surface area contributed by atoms with E-state index in [0.29, 0.717) is 0 Å². The van der Waals surface area contributed by atoms with Crippen molar-refractivity contribution in [1.82, 2.24) is 16.0 Å². The molecule has 0 unspecified atom stereocenters. The topological polar surface area (TPSA) is 70.2 Å². The summed E-state index contributed by atoms with van der Waals surface area (Å²) in [6, 6.07) is 3.49. The average Bonchev–Trinajstić information content (AvgIpc) is 2.42. The number of hydrogen-bond acceptors (Lipinski definition) is 2. The molecule has 0 aromatic heterocycles. The number of carbonyl (C=O) groups is 2. The van der Waals surface area contributed by atoms with Crippen molar-refractivity contribution in [2.24, 2.45) is 0 Å². The first-order chi connectivity index (χ1) is 10.2. The van der Waals surface area contributed by atoms with E-state index in [4.69, 9.17) is 11.6 Å². The maximum atomic E-state index is 12.2. The second kappa shape index (κ2) is 7.88. The van der Waals surface area contributed by atoms with Gasteiger partial charge in [0, 0.05) is 13.1 Å². The molecule has 22 heavy (non-hydrogen) atoms. The average molecular weight is 338 g/mol. The summed E-state index contributed by atoms with van der Waals surface area (Å²) in [6.45, 7) is 0.864. The molecule has 1 rings (SSSR count). The molecule has 0 radical (unpaired) electrons. The zero-order valence-corrected chi connectivity index (χ0v) is 12.4. The van der Waals surface area contributed by atoms with Crippen molar-refractivity contribution in [2.45, 2.75) is 19.1 Å². The second-order valence-corrected chi connectivity index (χ2v) is 4.81. The number of amides is 3. The highest BCUT2D eigenvalue weighted by Gasteiger charge is 2.36. The van der Waals surface area contributed by atoms with Crippen LogP contribution in [0.25, 0.3) is 0 Å². The molecule has 1 aromatic rings. The largest absolute Gasteiger partial charge is 0.408 e. The Labute approximate surface area is 130 Å². The standard InChI is InChI=1S/C13H15ClF3N3O2/c1-8(13(15,16)17)20-12(22)19-7-6-18-11(21)9-4-2-3-5-10(9)14/h2-5,8H,6-7H2,1H3,(H,18,21)(H2,19,20,22)/t8-/m1/s1. The number of carbonyl (C=O) groups excluding carboxylic acids is 2. The SMILES string of the molecule is C[C@@H](NC(=O)NCCNC(=O)c1ccccc1Cl)C(F)(F)F. The van der Waals surface area contributed by atoms with Gasteiger partial charge in [-0.25, -0.2) is 4.79 Å². The molecule has 1 atom stereocenters. The minimum Gasteiger partial charge on any atom is -0.350 e. The molecule has 0 aliphatic rings. The minimum absolute atomic E-state index is 0.0212. The lowest BCUT2D eigenvalue weighted by atomic mass is 10.2. The number of hydrogen-bond donors (Lipinski definition) is 3. The Bertz CT molecular complexity index is 538. The Morgan fingerprint density at radius 2 is 1.77 bits per heavy atom. The molecule has 0 aliphatic carbocycles. The summed E-state index contributed by atoms with van der Waals surface area (Å²) in [5.74, 6) is -0.434. The fraction of sp³-hybridized carbons (Fsp3) is 0.385. The normalized spacial score (nSPS) is 12.4. The molecule has 0 aliphatic heterocycles. The summed E-state index contributed by atoms with van der Waals surface area (Å²) in [4.78, 5) is 23.0. The smallest absolute Gasteiger partial charge is 0.350 e. The van der Waals surface area contributed by atoms with Crippen LogP contribution in [-0.2, 0) is 0 Å². The van der Waals surface area contributed by atoms with Crippen LogP contribution in [-0.4, -0.2) is 37.2 Å². The van der Waals surface area contributed by atoms with Gasteiger partial charge < -0.3 is 16.0 Å². The summed E-state index contributed by atoms with van der Waals surface area (Å²) < 4.78 is 36.7. The van der Waals surface area contributed by atoms with Crippen LogP contribution < -0.4 is 16.0 Å². The molecular formula is C13H15ClF3N3O2. The van der Waals surface area contributed by atoms with E-state index in [1.54, 1.807) is 23.5 Å². The third kappa shape index (κ3) is 5.80. The van der Waals surface area contributed by atoms with Crippen molar-refractivity contribution >= 4 is 23.5 Å². The molecule has 0 saturated carbocycles. The lowest BCUT2D eigenvalue weighted by Gasteiger charge is -2.17. The van der Waals surface area contributed by atoms with Crippen molar-refractivity contribution < 1.29 is 22.8 Å². The molecule has 3 N–H and O–H groups in total. The Hall–Kier alpha value is -1.96.